The Bertz CT molecular complexity index is 497. The Morgan fingerprint density at radius 2 is 1.88 bits per heavy atom. The van der Waals surface area contributed by atoms with Crippen molar-refractivity contribution < 1.29 is 14.6 Å². The van der Waals surface area contributed by atoms with E-state index >= 15 is 0 Å². The summed E-state index contributed by atoms with van der Waals surface area (Å²) in [4.78, 5) is 12.2. The highest BCUT2D eigenvalue weighted by Crippen LogP contribution is 2.21. The minimum absolute atomic E-state index is 0.101. The Balaban J connectivity index is 1.85. The fraction of sp³-hybridized carbons (Fsp3) is 0.632. The van der Waals surface area contributed by atoms with Gasteiger partial charge in [0.15, 0.2) is 0 Å². The van der Waals surface area contributed by atoms with Gasteiger partial charge >= 0.3 is 6.03 Å². The van der Waals surface area contributed by atoms with Gasteiger partial charge in [-0.3, -0.25) is 0 Å². The van der Waals surface area contributed by atoms with E-state index in [2.05, 4.69) is 10.6 Å². The molecule has 1 saturated heterocycles. The van der Waals surface area contributed by atoms with Gasteiger partial charge in [0, 0.05) is 18.5 Å². The van der Waals surface area contributed by atoms with Crippen LogP contribution in [-0.2, 0) is 4.74 Å². The van der Waals surface area contributed by atoms with Gasteiger partial charge in [0.2, 0.25) is 0 Å². The molecule has 1 aliphatic rings. The zero-order valence-electron chi connectivity index (χ0n) is 14.9. The summed E-state index contributed by atoms with van der Waals surface area (Å²) in [5.74, 6) is 0.101. The van der Waals surface area contributed by atoms with E-state index in [1.165, 1.54) is 0 Å². The summed E-state index contributed by atoms with van der Waals surface area (Å²) in [5.41, 5.74) is 1.13. The number of carbonyl (C=O) groups is 1. The topological polar surface area (TPSA) is 70.6 Å². The van der Waals surface area contributed by atoms with E-state index in [-0.39, 0.29) is 30.2 Å². The van der Waals surface area contributed by atoms with Crippen LogP contribution in [0.3, 0.4) is 0 Å². The number of ether oxygens (including phenoxy) is 1. The van der Waals surface area contributed by atoms with Gasteiger partial charge in [-0.2, -0.15) is 0 Å². The number of rotatable bonds is 6. The monoisotopic (exact) mass is 334 g/mol. The molecular weight excluding hydrogens is 304 g/mol. The van der Waals surface area contributed by atoms with Crippen molar-refractivity contribution in [1.82, 2.24) is 10.6 Å². The molecule has 0 bridgehead atoms. The van der Waals surface area contributed by atoms with Crippen LogP contribution in [0.5, 0.6) is 0 Å². The number of hydrogen-bond acceptors (Lipinski definition) is 3. The van der Waals surface area contributed by atoms with Gasteiger partial charge in [-0.25, -0.2) is 4.79 Å². The van der Waals surface area contributed by atoms with Gasteiger partial charge < -0.3 is 20.5 Å². The average Bonchev–Trinajstić information content (AvgIpc) is 2.51. The summed E-state index contributed by atoms with van der Waals surface area (Å²) in [6.07, 6.45) is 2.24. The molecule has 1 heterocycles. The maximum atomic E-state index is 12.2. The molecule has 1 aromatic carbocycles. The van der Waals surface area contributed by atoms with Crippen molar-refractivity contribution in [3.8, 4) is 0 Å². The molecule has 3 N–H and O–H groups in total. The molecule has 1 aliphatic heterocycles. The summed E-state index contributed by atoms with van der Waals surface area (Å²) in [6.45, 7) is 6.36. The van der Waals surface area contributed by atoms with Crippen molar-refractivity contribution >= 4 is 6.03 Å². The molecule has 0 saturated carbocycles. The molecule has 0 aromatic heterocycles. The molecule has 2 rings (SSSR count). The van der Waals surface area contributed by atoms with Gasteiger partial charge in [-0.15, -0.1) is 0 Å². The zero-order chi connectivity index (χ0) is 17.5. The predicted molar refractivity (Wildman–Crippen MR) is 95.0 cm³/mol. The number of benzene rings is 1. The van der Waals surface area contributed by atoms with Crippen molar-refractivity contribution in [2.45, 2.75) is 70.3 Å². The zero-order valence-corrected chi connectivity index (χ0v) is 14.9. The minimum atomic E-state index is -0.405. The molecule has 4 unspecified atom stereocenters. The lowest BCUT2D eigenvalue weighted by molar-refractivity contribution is -0.0402. The lowest BCUT2D eigenvalue weighted by Gasteiger charge is -2.32. The van der Waals surface area contributed by atoms with Crippen molar-refractivity contribution in [2.75, 3.05) is 6.54 Å². The lowest BCUT2D eigenvalue weighted by atomic mass is 9.93. The summed E-state index contributed by atoms with van der Waals surface area (Å²) in [5, 5.41) is 15.7. The second-order valence-corrected chi connectivity index (χ2v) is 6.97. The van der Waals surface area contributed by atoms with E-state index in [0.717, 1.165) is 18.4 Å². The quantitative estimate of drug-likeness (QED) is 0.749. The van der Waals surface area contributed by atoms with Crippen LogP contribution in [0.2, 0.25) is 0 Å². The smallest absolute Gasteiger partial charge is 0.315 e. The lowest BCUT2D eigenvalue weighted by Crippen LogP contribution is -2.48. The van der Waals surface area contributed by atoms with Crippen LogP contribution in [0.1, 0.15) is 51.5 Å². The first-order valence-electron chi connectivity index (χ1n) is 8.87. The summed E-state index contributed by atoms with van der Waals surface area (Å²) in [6, 6.07) is 10.0. The van der Waals surface area contributed by atoms with Crippen LogP contribution < -0.4 is 10.6 Å². The number of aliphatic hydroxyl groups excluding tert-OH is 1. The fourth-order valence-electron chi connectivity index (χ4n) is 3.45. The van der Waals surface area contributed by atoms with Gasteiger partial charge in [-0.05, 0) is 45.6 Å². The van der Waals surface area contributed by atoms with Crippen molar-refractivity contribution in [3.63, 3.8) is 0 Å². The van der Waals surface area contributed by atoms with E-state index in [9.17, 15) is 9.90 Å². The third-order valence-corrected chi connectivity index (χ3v) is 4.44. The molecule has 0 aliphatic carbocycles. The number of amides is 2. The first kappa shape index (κ1) is 18.7. The highest BCUT2D eigenvalue weighted by molar-refractivity contribution is 5.74. The van der Waals surface area contributed by atoms with Crippen LogP contribution in [0.25, 0.3) is 0 Å². The molecule has 2 amide bonds. The van der Waals surface area contributed by atoms with Crippen molar-refractivity contribution in [2.24, 2.45) is 0 Å². The van der Waals surface area contributed by atoms with Crippen LogP contribution in [0, 0.1) is 0 Å². The maximum absolute atomic E-state index is 12.2. The summed E-state index contributed by atoms with van der Waals surface area (Å²) >= 11 is 0. The molecule has 1 fully saturated rings. The third kappa shape index (κ3) is 6.13. The average molecular weight is 334 g/mol. The summed E-state index contributed by atoms with van der Waals surface area (Å²) in [7, 11) is 0. The van der Waals surface area contributed by atoms with Crippen molar-refractivity contribution in [3.05, 3.63) is 35.9 Å². The Morgan fingerprint density at radius 3 is 2.46 bits per heavy atom. The van der Waals surface area contributed by atoms with Crippen LogP contribution in [-0.4, -0.2) is 42.0 Å². The van der Waals surface area contributed by atoms with Gasteiger partial charge in [0.1, 0.15) is 0 Å². The SMILES string of the molecule is CC(O)CC(CNC(=O)NC1CC(C)OC(C)C1)c1ccccc1. The van der Waals surface area contributed by atoms with E-state index in [0.29, 0.717) is 13.0 Å². The second-order valence-electron chi connectivity index (χ2n) is 6.97. The van der Waals surface area contributed by atoms with Gasteiger partial charge in [-0.1, -0.05) is 30.3 Å². The van der Waals surface area contributed by atoms with Gasteiger partial charge in [0.25, 0.3) is 0 Å². The summed E-state index contributed by atoms with van der Waals surface area (Å²) < 4.78 is 5.70. The number of urea groups is 1. The molecular formula is C19H30N2O3. The second kappa shape index (κ2) is 9.04. The predicted octanol–water partition coefficient (Wildman–Crippen LogP) is 2.80. The van der Waals surface area contributed by atoms with Gasteiger partial charge in [0.05, 0.1) is 18.3 Å². The van der Waals surface area contributed by atoms with E-state index < -0.39 is 6.10 Å². The van der Waals surface area contributed by atoms with Crippen LogP contribution in [0.4, 0.5) is 4.79 Å². The molecule has 5 nitrogen and oxygen atoms in total. The van der Waals surface area contributed by atoms with Crippen LogP contribution >= 0.6 is 0 Å². The normalized spacial score (nSPS) is 26.4. The fourth-order valence-corrected chi connectivity index (χ4v) is 3.45. The Hall–Kier alpha value is -1.59. The van der Waals surface area contributed by atoms with Crippen molar-refractivity contribution in [1.29, 1.82) is 0 Å². The Labute approximate surface area is 144 Å². The molecule has 0 spiro atoms. The number of hydrogen-bond donors (Lipinski definition) is 3. The number of carbonyl (C=O) groups excluding carboxylic acids is 1. The van der Waals surface area contributed by atoms with E-state index in [4.69, 9.17) is 4.74 Å². The highest BCUT2D eigenvalue weighted by atomic mass is 16.5. The molecule has 4 atom stereocenters. The molecule has 1 aromatic rings. The molecule has 0 radical (unpaired) electrons. The first-order valence-corrected chi connectivity index (χ1v) is 8.87. The number of nitrogens with one attached hydrogen (secondary N) is 2. The highest BCUT2D eigenvalue weighted by Gasteiger charge is 2.25. The molecule has 24 heavy (non-hydrogen) atoms. The van der Waals surface area contributed by atoms with E-state index in [1.807, 2.05) is 44.2 Å². The maximum Gasteiger partial charge on any atom is 0.315 e. The Morgan fingerprint density at radius 1 is 1.25 bits per heavy atom. The minimum Gasteiger partial charge on any atom is -0.393 e. The largest absolute Gasteiger partial charge is 0.393 e. The van der Waals surface area contributed by atoms with Crippen LogP contribution in [0.15, 0.2) is 30.3 Å². The number of aliphatic hydroxyl groups is 1. The first-order chi connectivity index (χ1) is 11.4. The standard InChI is InChI=1S/C19H30N2O3/c1-13(22)9-17(16-7-5-4-6-8-16)12-20-19(23)21-18-10-14(2)24-15(3)11-18/h4-8,13-15,17-18,22H,9-12H2,1-3H3,(H2,20,21,23). The van der Waals surface area contributed by atoms with E-state index in [1.54, 1.807) is 6.92 Å². The third-order valence-electron chi connectivity index (χ3n) is 4.44. The molecule has 134 valence electrons. The Kier molecular flexibility index (Phi) is 7.06. The molecule has 5 heteroatoms.